The van der Waals surface area contributed by atoms with Gasteiger partial charge in [-0.3, -0.25) is 0 Å². The summed E-state index contributed by atoms with van der Waals surface area (Å²) in [5.74, 6) is 0. The van der Waals surface area contributed by atoms with E-state index >= 15 is 0 Å². The Morgan fingerprint density at radius 2 is 1.19 bits per heavy atom. The molecule has 0 N–H and O–H groups in total. The maximum atomic E-state index is 3.42. The Bertz CT molecular complexity index is 821. The Hall–Kier alpha value is -1.98. The Labute approximate surface area is 137 Å². The van der Waals surface area contributed by atoms with E-state index in [2.05, 4.69) is 78.9 Å². The van der Waals surface area contributed by atoms with Crippen molar-refractivity contribution >= 4 is 21.5 Å². The Morgan fingerprint density at radius 3 is 2.00 bits per heavy atom. The van der Waals surface area contributed by atoms with Crippen LogP contribution in [0, 0.1) is 6.07 Å². The Balaban J connectivity index is 0.00000132. The molecule has 0 amide bonds. The molecule has 0 nitrogen and oxygen atoms in total. The molecule has 0 fully saturated rings. The molecule has 0 aromatic heterocycles. The SMILES string of the molecule is [Ru+].[c-]1ccc2ccccc2c1-c1cccc2ccccc12. The number of rotatable bonds is 1. The summed E-state index contributed by atoms with van der Waals surface area (Å²) in [7, 11) is 0. The van der Waals surface area contributed by atoms with Crippen LogP contribution in [0.3, 0.4) is 0 Å². The van der Waals surface area contributed by atoms with Gasteiger partial charge in [0.2, 0.25) is 0 Å². The first-order chi connectivity index (χ1) is 9.93. The van der Waals surface area contributed by atoms with Gasteiger partial charge in [-0.05, 0) is 5.39 Å². The molecule has 4 aromatic rings. The zero-order chi connectivity index (χ0) is 13.4. The molecule has 0 unspecified atom stereocenters. The quantitative estimate of drug-likeness (QED) is 0.315. The molecule has 0 aliphatic rings. The van der Waals surface area contributed by atoms with E-state index in [1.54, 1.807) is 0 Å². The second-order valence-corrected chi connectivity index (χ2v) is 4.97. The minimum absolute atomic E-state index is 0. The summed E-state index contributed by atoms with van der Waals surface area (Å²) in [4.78, 5) is 0. The molecule has 4 rings (SSSR count). The van der Waals surface area contributed by atoms with Crippen LogP contribution < -0.4 is 0 Å². The standard InChI is InChI=1S/C20H13.Ru/c1-3-11-17-15(7-1)9-5-13-19(17)20-14-6-10-16-8-2-4-12-18(16)20;/h1-13H;/q-1;+1. The fraction of sp³-hybridized carbons (Fsp3) is 0. The van der Waals surface area contributed by atoms with Gasteiger partial charge in [0.15, 0.2) is 0 Å². The average molecular weight is 354 g/mol. The maximum absolute atomic E-state index is 3.42. The number of hydrogen-bond donors (Lipinski definition) is 0. The molecule has 1 radical (unpaired) electrons. The maximum Gasteiger partial charge on any atom is 1.00 e. The van der Waals surface area contributed by atoms with Crippen molar-refractivity contribution in [2.45, 2.75) is 0 Å². The summed E-state index contributed by atoms with van der Waals surface area (Å²) in [5, 5.41) is 5.06. The molecule has 21 heavy (non-hydrogen) atoms. The van der Waals surface area contributed by atoms with Gasteiger partial charge >= 0.3 is 19.5 Å². The van der Waals surface area contributed by atoms with E-state index in [9.17, 15) is 0 Å². The van der Waals surface area contributed by atoms with E-state index in [1.165, 1.54) is 32.7 Å². The van der Waals surface area contributed by atoms with E-state index in [4.69, 9.17) is 0 Å². The summed E-state index contributed by atoms with van der Waals surface area (Å²) < 4.78 is 0. The molecule has 0 aliphatic heterocycles. The number of fused-ring (bicyclic) bond motifs is 2. The molecule has 101 valence electrons. The third-order valence-electron chi connectivity index (χ3n) is 3.78. The molecular weight excluding hydrogens is 341 g/mol. The largest absolute Gasteiger partial charge is 1.00 e. The molecule has 4 aromatic carbocycles. The van der Waals surface area contributed by atoms with Crippen LogP contribution in [-0.2, 0) is 19.5 Å². The van der Waals surface area contributed by atoms with Crippen LogP contribution in [-0.4, -0.2) is 0 Å². The van der Waals surface area contributed by atoms with E-state index < -0.39 is 0 Å². The van der Waals surface area contributed by atoms with E-state index in [-0.39, 0.29) is 19.5 Å². The summed E-state index contributed by atoms with van der Waals surface area (Å²) in [6.07, 6.45) is 0. The summed E-state index contributed by atoms with van der Waals surface area (Å²) in [5.41, 5.74) is 2.43. The van der Waals surface area contributed by atoms with Gasteiger partial charge in [-0.25, -0.2) is 0 Å². The van der Waals surface area contributed by atoms with Crippen LogP contribution in [0.1, 0.15) is 0 Å². The molecule has 0 spiro atoms. The van der Waals surface area contributed by atoms with Crippen molar-refractivity contribution in [3.8, 4) is 11.1 Å². The van der Waals surface area contributed by atoms with Gasteiger partial charge in [0, 0.05) is 0 Å². The van der Waals surface area contributed by atoms with Gasteiger partial charge < -0.3 is 0 Å². The van der Waals surface area contributed by atoms with Gasteiger partial charge in [-0.2, -0.15) is 0 Å². The third-order valence-corrected chi connectivity index (χ3v) is 3.78. The first kappa shape index (κ1) is 14.0. The van der Waals surface area contributed by atoms with Crippen LogP contribution in [0.4, 0.5) is 0 Å². The van der Waals surface area contributed by atoms with E-state index in [0.29, 0.717) is 0 Å². The second kappa shape index (κ2) is 5.79. The number of hydrogen-bond acceptors (Lipinski definition) is 0. The monoisotopic (exact) mass is 355 g/mol. The van der Waals surface area contributed by atoms with Crippen molar-refractivity contribution in [1.82, 2.24) is 0 Å². The smallest absolute Gasteiger partial charge is 0.146 e. The molecule has 0 heterocycles. The normalized spacial score (nSPS) is 10.5. The minimum atomic E-state index is 0. The summed E-state index contributed by atoms with van der Waals surface area (Å²) in [6, 6.07) is 31.0. The van der Waals surface area contributed by atoms with Gasteiger partial charge in [0.1, 0.15) is 0 Å². The Morgan fingerprint density at radius 1 is 0.571 bits per heavy atom. The topological polar surface area (TPSA) is 0 Å². The van der Waals surface area contributed by atoms with Gasteiger partial charge in [0.25, 0.3) is 0 Å². The van der Waals surface area contributed by atoms with Crippen LogP contribution in [0.25, 0.3) is 32.7 Å². The molecular formula is C20H13Ru. The molecule has 0 bridgehead atoms. The fourth-order valence-corrected chi connectivity index (χ4v) is 2.83. The summed E-state index contributed by atoms with van der Waals surface area (Å²) in [6.45, 7) is 0. The molecule has 0 atom stereocenters. The predicted octanol–water partition coefficient (Wildman–Crippen LogP) is 5.46. The zero-order valence-corrected chi connectivity index (χ0v) is 13.1. The Kier molecular flexibility index (Phi) is 3.86. The van der Waals surface area contributed by atoms with Crippen molar-refractivity contribution in [3.63, 3.8) is 0 Å². The van der Waals surface area contributed by atoms with Crippen molar-refractivity contribution in [2.24, 2.45) is 0 Å². The molecule has 0 aliphatic carbocycles. The van der Waals surface area contributed by atoms with Crippen molar-refractivity contribution < 1.29 is 19.5 Å². The van der Waals surface area contributed by atoms with Gasteiger partial charge in [-0.1, -0.05) is 77.7 Å². The van der Waals surface area contributed by atoms with Crippen molar-refractivity contribution in [2.75, 3.05) is 0 Å². The first-order valence-electron chi connectivity index (χ1n) is 6.81. The van der Waals surface area contributed by atoms with Crippen LogP contribution in [0.5, 0.6) is 0 Å². The molecule has 0 saturated carbocycles. The van der Waals surface area contributed by atoms with Crippen LogP contribution in [0.15, 0.2) is 78.9 Å². The predicted molar refractivity (Wildman–Crippen MR) is 85.7 cm³/mol. The second-order valence-electron chi connectivity index (χ2n) is 4.97. The van der Waals surface area contributed by atoms with Gasteiger partial charge in [-0.15, -0.1) is 34.5 Å². The fourth-order valence-electron chi connectivity index (χ4n) is 2.83. The van der Waals surface area contributed by atoms with E-state index in [0.717, 1.165) is 0 Å². The number of benzene rings is 4. The van der Waals surface area contributed by atoms with Gasteiger partial charge in [0.05, 0.1) is 0 Å². The summed E-state index contributed by atoms with van der Waals surface area (Å²) >= 11 is 0. The van der Waals surface area contributed by atoms with Crippen LogP contribution >= 0.6 is 0 Å². The van der Waals surface area contributed by atoms with Crippen LogP contribution in [0.2, 0.25) is 0 Å². The molecule has 0 saturated heterocycles. The molecule has 1 heteroatoms. The van der Waals surface area contributed by atoms with E-state index in [1.807, 2.05) is 6.07 Å². The van der Waals surface area contributed by atoms with Crippen molar-refractivity contribution in [1.29, 1.82) is 0 Å². The zero-order valence-electron chi connectivity index (χ0n) is 11.4. The van der Waals surface area contributed by atoms with Crippen molar-refractivity contribution in [3.05, 3.63) is 84.9 Å². The average Bonchev–Trinajstić information content (AvgIpc) is 2.54. The third kappa shape index (κ3) is 2.39. The minimum Gasteiger partial charge on any atom is -0.146 e. The first-order valence-corrected chi connectivity index (χ1v) is 6.81.